The molecule has 1 heterocycles. The summed E-state index contributed by atoms with van der Waals surface area (Å²) in [7, 11) is 0. The minimum atomic E-state index is 0.322. The highest BCUT2D eigenvalue weighted by atomic mass is 16.5. The lowest BCUT2D eigenvalue weighted by Gasteiger charge is -2.47. The van der Waals surface area contributed by atoms with Crippen LogP contribution in [0.3, 0.4) is 0 Å². The summed E-state index contributed by atoms with van der Waals surface area (Å²) >= 11 is 0. The van der Waals surface area contributed by atoms with E-state index in [2.05, 4.69) is 44.8 Å². The van der Waals surface area contributed by atoms with Gasteiger partial charge in [-0.15, -0.1) is 0 Å². The van der Waals surface area contributed by atoms with E-state index in [-0.39, 0.29) is 0 Å². The van der Waals surface area contributed by atoms with E-state index in [0.29, 0.717) is 17.7 Å². The van der Waals surface area contributed by atoms with Crippen LogP contribution in [0.2, 0.25) is 0 Å². The van der Waals surface area contributed by atoms with Crippen molar-refractivity contribution in [3.63, 3.8) is 0 Å². The Balaban J connectivity index is 2.56. The minimum absolute atomic E-state index is 0.322. The lowest BCUT2D eigenvalue weighted by atomic mass is 9.88. The minimum Gasteiger partial charge on any atom is -0.377 e. The number of nitrogens with zero attached hydrogens (tertiary/aromatic N) is 1. The molecule has 1 N–H and O–H groups in total. The van der Waals surface area contributed by atoms with Crippen molar-refractivity contribution in [1.29, 1.82) is 0 Å². The first kappa shape index (κ1) is 16.9. The van der Waals surface area contributed by atoms with Crippen LogP contribution in [-0.2, 0) is 4.74 Å². The Labute approximate surface area is 120 Å². The highest BCUT2D eigenvalue weighted by Gasteiger charge is 2.35. The number of nitrogens with one attached hydrogen (secondary N) is 1. The molecule has 0 spiro atoms. The smallest absolute Gasteiger partial charge is 0.0597 e. The van der Waals surface area contributed by atoms with Crippen molar-refractivity contribution in [3.05, 3.63) is 0 Å². The maximum absolute atomic E-state index is 5.74. The normalized spacial score (nSPS) is 24.0. The topological polar surface area (TPSA) is 24.5 Å². The van der Waals surface area contributed by atoms with Gasteiger partial charge < -0.3 is 10.1 Å². The van der Waals surface area contributed by atoms with Gasteiger partial charge in [0.15, 0.2) is 0 Å². The number of ether oxygens (including phenoxy) is 1. The molecular weight excluding hydrogens is 236 g/mol. The van der Waals surface area contributed by atoms with Gasteiger partial charge in [-0.2, -0.15) is 0 Å². The van der Waals surface area contributed by atoms with Gasteiger partial charge in [0.25, 0.3) is 0 Å². The molecule has 1 saturated heterocycles. The molecule has 0 amide bonds. The molecule has 0 aromatic carbocycles. The third kappa shape index (κ3) is 5.05. The van der Waals surface area contributed by atoms with Crippen molar-refractivity contribution < 1.29 is 4.74 Å². The van der Waals surface area contributed by atoms with E-state index in [1.165, 1.54) is 32.2 Å². The quantitative estimate of drug-likeness (QED) is 0.733. The van der Waals surface area contributed by atoms with Gasteiger partial charge in [0.05, 0.1) is 12.7 Å². The molecule has 0 aromatic heterocycles. The average molecular weight is 270 g/mol. The predicted octanol–water partition coefficient (Wildman–Crippen LogP) is 3.04. The Morgan fingerprint density at radius 3 is 2.47 bits per heavy atom. The maximum Gasteiger partial charge on any atom is 0.0597 e. The van der Waals surface area contributed by atoms with E-state index >= 15 is 0 Å². The standard InChI is InChI=1S/C16H34N2O/c1-6-9-15-12-17-16(7-2,8-3)13-18(15)10-11-19-14(4)5/h14-15,17H,6-13H2,1-5H3. The molecule has 1 fully saturated rings. The van der Waals surface area contributed by atoms with E-state index in [9.17, 15) is 0 Å². The third-order valence-corrected chi connectivity index (χ3v) is 4.54. The van der Waals surface area contributed by atoms with Gasteiger partial charge in [0, 0.05) is 31.2 Å². The van der Waals surface area contributed by atoms with Crippen LogP contribution in [0.5, 0.6) is 0 Å². The van der Waals surface area contributed by atoms with Gasteiger partial charge in [0.1, 0.15) is 0 Å². The van der Waals surface area contributed by atoms with Gasteiger partial charge in [-0.25, -0.2) is 0 Å². The molecule has 0 aromatic rings. The zero-order chi connectivity index (χ0) is 14.3. The van der Waals surface area contributed by atoms with Crippen LogP contribution < -0.4 is 5.32 Å². The summed E-state index contributed by atoms with van der Waals surface area (Å²) in [5.41, 5.74) is 0.322. The Bertz CT molecular complexity index is 239. The zero-order valence-corrected chi connectivity index (χ0v) is 13.7. The second-order valence-corrected chi connectivity index (χ2v) is 6.20. The molecule has 0 aliphatic carbocycles. The fraction of sp³-hybridized carbons (Fsp3) is 1.00. The summed E-state index contributed by atoms with van der Waals surface area (Å²) in [6.45, 7) is 15.4. The molecule has 1 aliphatic heterocycles. The van der Waals surface area contributed by atoms with Crippen molar-refractivity contribution in [2.24, 2.45) is 0 Å². The maximum atomic E-state index is 5.74. The summed E-state index contributed by atoms with van der Waals surface area (Å²) in [4.78, 5) is 2.66. The fourth-order valence-corrected chi connectivity index (χ4v) is 3.05. The lowest BCUT2D eigenvalue weighted by molar-refractivity contribution is 0.0167. The molecule has 1 rings (SSSR count). The highest BCUT2D eigenvalue weighted by Crippen LogP contribution is 2.24. The molecule has 114 valence electrons. The monoisotopic (exact) mass is 270 g/mol. The number of piperazine rings is 1. The van der Waals surface area contributed by atoms with Gasteiger partial charge >= 0.3 is 0 Å². The van der Waals surface area contributed by atoms with Gasteiger partial charge in [-0.1, -0.05) is 27.2 Å². The molecule has 1 aliphatic rings. The van der Waals surface area contributed by atoms with Crippen LogP contribution in [0.1, 0.15) is 60.3 Å². The molecule has 1 unspecified atom stereocenters. The number of hydrogen-bond donors (Lipinski definition) is 1. The van der Waals surface area contributed by atoms with Crippen LogP contribution in [0.25, 0.3) is 0 Å². The van der Waals surface area contributed by atoms with Crippen LogP contribution in [0.4, 0.5) is 0 Å². The first-order valence-corrected chi connectivity index (χ1v) is 8.17. The van der Waals surface area contributed by atoms with E-state index in [0.717, 1.165) is 19.7 Å². The average Bonchev–Trinajstić information content (AvgIpc) is 2.40. The zero-order valence-electron chi connectivity index (χ0n) is 13.7. The molecule has 19 heavy (non-hydrogen) atoms. The van der Waals surface area contributed by atoms with E-state index in [1.54, 1.807) is 0 Å². The van der Waals surface area contributed by atoms with Crippen molar-refractivity contribution in [1.82, 2.24) is 10.2 Å². The molecule has 0 bridgehead atoms. The summed E-state index contributed by atoms with van der Waals surface area (Å²) in [6.07, 6.45) is 5.32. The van der Waals surface area contributed by atoms with Crippen molar-refractivity contribution >= 4 is 0 Å². The van der Waals surface area contributed by atoms with Crippen molar-refractivity contribution in [2.75, 3.05) is 26.2 Å². The Hall–Kier alpha value is -0.120. The van der Waals surface area contributed by atoms with Crippen LogP contribution in [0.15, 0.2) is 0 Å². The SMILES string of the molecule is CCCC1CNC(CC)(CC)CN1CCOC(C)C. The summed E-state index contributed by atoms with van der Waals surface area (Å²) in [5.74, 6) is 0. The highest BCUT2D eigenvalue weighted by molar-refractivity contribution is 4.96. The Morgan fingerprint density at radius 1 is 1.26 bits per heavy atom. The Kier molecular flexibility index (Phi) is 7.33. The van der Waals surface area contributed by atoms with Crippen molar-refractivity contribution in [3.8, 4) is 0 Å². The van der Waals surface area contributed by atoms with E-state index in [4.69, 9.17) is 4.74 Å². The molecule has 3 heteroatoms. The van der Waals surface area contributed by atoms with Crippen LogP contribution in [-0.4, -0.2) is 48.8 Å². The fourth-order valence-electron chi connectivity index (χ4n) is 3.05. The first-order valence-electron chi connectivity index (χ1n) is 8.17. The van der Waals surface area contributed by atoms with Crippen LogP contribution >= 0.6 is 0 Å². The van der Waals surface area contributed by atoms with E-state index < -0.39 is 0 Å². The summed E-state index contributed by atoms with van der Waals surface area (Å²) in [5, 5.41) is 3.81. The van der Waals surface area contributed by atoms with Crippen LogP contribution in [0, 0.1) is 0 Å². The van der Waals surface area contributed by atoms with Gasteiger partial charge in [-0.05, 0) is 33.1 Å². The summed E-state index contributed by atoms with van der Waals surface area (Å²) < 4.78 is 5.74. The second-order valence-electron chi connectivity index (χ2n) is 6.20. The first-order chi connectivity index (χ1) is 9.06. The van der Waals surface area contributed by atoms with Gasteiger partial charge in [0.2, 0.25) is 0 Å². The third-order valence-electron chi connectivity index (χ3n) is 4.54. The second kappa shape index (κ2) is 8.23. The largest absolute Gasteiger partial charge is 0.377 e. The molecular formula is C16H34N2O. The van der Waals surface area contributed by atoms with E-state index in [1.807, 2.05) is 0 Å². The molecule has 0 saturated carbocycles. The molecule has 1 atom stereocenters. The predicted molar refractivity (Wildman–Crippen MR) is 82.7 cm³/mol. The molecule has 3 nitrogen and oxygen atoms in total. The number of hydrogen-bond acceptors (Lipinski definition) is 3. The lowest BCUT2D eigenvalue weighted by Crippen LogP contribution is -2.64. The number of rotatable bonds is 8. The van der Waals surface area contributed by atoms with Crippen molar-refractivity contribution in [2.45, 2.75) is 78.0 Å². The molecule has 0 radical (unpaired) electrons. The van der Waals surface area contributed by atoms with Gasteiger partial charge in [-0.3, -0.25) is 4.90 Å². The Morgan fingerprint density at radius 2 is 1.95 bits per heavy atom. The summed E-state index contributed by atoms with van der Waals surface area (Å²) in [6, 6.07) is 0.687.